The molecule has 1 aliphatic rings. The maximum Gasteiger partial charge on any atom is 0.266 e. The molecule has 0 atom stereocenters. The van der Waals surface area contributed by atoms with Crippen molar-refractivity contribution < 1.29 is 14.2 Å². The van der Waals surface area contributed by atoms with Crippen LogP contribution >= 0.6 is 0 Å². The van der Waals surface area contributed by atoms with Crippen molar-refractivity contribution in [2.75, 3.05) is 19.5 Å². The van der Waals surface area contributed by atoms with Gasteiger partial charge in [0.05, 0.1) is 24.1 Å². The van der Waals surface area contributed by atoms with Crippen molar-refractivity contribution in [1.82, 2.24) is 19.1 Å². The molecular formula is C27H24FN5O3. The van der Waals surface area contributed by atoms with Crippen LogP contribution in [-0.2, 0) is 0 Å². The van der Waals surface area contributed by atoms with Crippen LogP contribution in [0.4, 0.5) is 10.2 Å². The Hall–Kier alpha value is -4.24. The topological polar surface area (TPSA) is 108 Å². The zero-order valence-corrected chi connectivity index (χ0v) is 19.6. The standard InChI is InChI=1S/C27H24FN5O3/c1-36-21-12-33(16-5-3-2-4-6-16)27(35)22-19(21)8-7-18(24(22)28)20-11-32(17-9-15(10-17)13-34)26-23(20)25(29)30-14-31-26/h2-8,11-12,14-15,17,34H,9-10,13H2,1H3,(H2,29,30,31). The van der Waals surface area contributed by atoms with Gasteiger partial charge in [0, 0.05) is 41.0 Å². The van der Waals surface area contributed by atoms with E-state index in [2.05, 4.69) is 9.97 Å². The lowest BCUT2D eigenvalue weighted by Gasteiger charge is -2.35. The highest BCUT2D eigenvalue weighted by molar-refractivity contribution is 6.03. The second-order valence-corrected chi connectivity index (χ2v) is 9.14. The van der Waals surface area contributed by atoms with Gasteiger partial charge in [-0.25, -0.2) is 14.4 Å². The molecule has 0 amide bonds. The molecule has 0 unspecified atom stereocenters. The molecule has 8 nitrogen and oxygen atoms in total. The number of pyridine rings is 1. The number of aliphatic hydroxyl groups is 1. The quantitative estimate of drug-likeness (QED) is 0.389. The van der Waals surface area contributed by atoms with E-state index in [4.69, 9.17) is 10.5 Å². The van der Waals surface area contributed by atoms with Gasteiger partial charge < -0.3 is 20.1 Å². The predicted molar refractivity (Wildman–Crippen MR) is 136 cm³/mol. The molecule has 182 valence electrons. The molecule has 2 aromatic carbocycles. The maximum atomic E-state index is 16.3. The minimum absolute atomic E-state index is 0.0731. The first kappa shape index (κ1) is 22.2. The number of hydrogen-bond acceptors (Lipinski definition) is 6. The Labute approximate surface area is 205 Å². The van der Waals surface area contributed by atoms with Gasteiger partial charge in [-0.3, -0.25) is 9.36 Å². The van der Waals surface area contributed by atoms with Crippen molar-refractivity contribution >= 4 is 27.6 Å². The molecule has 3 aromatic heterocycles. The number of benzene rings is 2. The Morgan fingerprint density at radius 2 is 1.86 bits per heavy atom. The van der Waals surface area contributed by atoms with Crippen molar-refractivity contribution in [2.24, 2.45) is 5.92 Å². The molecule has 3 heterocycles. The molecule has 0 spiro atoms. The number of fused-ring (bicyclic) bond motifs is 2. The Balaban J connectivity index is 1.61. The normalized spacial score (nSPS) is 17.4. The van der Waals surface area contributed by atoms with E-state index in [0.717, 1.165) is 12.8 Å². The first-order valence-electron chi connectivity index (χ1n) is 11.7. The number of aliphatic hydroxyl groups excluding tert-OH is 1. The zero-order valence-electron chi connectivity index (χ0n) is 19.6. The third-order valence-electron chi connectivity index (χ3n) is 7.13. The highest BCUT2D eigenvalue weighted by Gasteiger charge is 2.32. The van der Waals surface area contributed by atoms with E-state index in [1.807, 2.05) is 29.0 Å². The molecule has 1 saturated carbocycles. The number of nitrogen functional groups attached to an aromatic ring is 1. The van der Waals surface area contributed by atoms with Gasteiger partial charge in [-0.15, -0.1) is 0 Å². The van der Waals surface area contributed by atoms with Crippen LogP contribution in [0.1, 0.15) is 18.9 Å². The Morgan fingerprint density at radius 1 is 1.08 bits per heavy atom. The fraction of sp³-hybridized carbons (Fsp3) is 0.222. The van der Waals surface area contributed by atoms with E-state index in [9.17, 15) is 9.90 Å². The average molecular weight is 486 g/mol. The van der Waals surface area contributed by atoms with E-state index < -0.39 is 11.4 Å². The lowest BCUT2D eigenvalue weighted by atomic mass is 9.81. The average Bonchev–Trinajstić information content (AvgIpc) is 3.24. The largest absolute Gasteiger partial charge is 0.495 e. The molecule has 36 heavy (non-hydrogen) atoms. The SMILES string of the molecule is COc1cn(-c2ccccc2)c(=O)c2c(F)c(-c3cn(C4CC(CO)C4)c4ncnc(N)c34)ccc12. The van der Waals surface area contributed by atoms with Crippen LogP contribution in [0.2, 0.25) is 0 Å². The van der Waals surface area contributed by atoms with Crippen LogP contribution in [-0.4, -0.2) is 37.9 Å². The zero-order chi connectivity index (χ0) is 25.0. The number of ether oxygens (including phenoxy) is 1. The van der Waals surface area contributed by atoms with Crippen molar-refractivity contribution in [2.45, 2.75) is 18.9 Å². The molecule has 1 aliphatic carbocycles. The highest BCUT2D eigenvalue weighted by atomic mass is 19.1. The summed E-state index contributed by atoms with van der Waals surface area (Å²) in [5.74, 6) is 0.189. The van der Waals surface area contributed by atoms with Crippen LogP contribution < -0.4 is 16.0 Å². The molecule has 6 rings (SSSR count). The molecule has 0 aliphatic heterocycles. The fourth-order valence-corrected chi connectivity index (χ4v) is 5.18. The predicted octanol–water partition coefficient (Wildman–Crippen LogP) is 4.08. The number of nitrogens with zero attached hydrogens (tertiary/aromatic N) is 4. The Bertz CT molecular complexity index is 1670. The van der Waals surface area contributed by atoms with E-state index in [-0.39, 0.29) is 35.3 Å². The fourth-order valence-electron chi connectivity index (χ4n) is 5.18. The monoisotopic (exact) mass is 485 g/mol. The number of nitrogens with two attached hydrogens (primary N) is 1. The summed E-state index contributed by atoms with van der Waals surface area (Å²) >= 11 is 0. The third-order valence-corrected chi connectivity index (χ3v) is 7.13. The number of methoxy groups -OCH3 is 1. The second-order valence-electron chi connectivity index (χ2n) is 9.14. The van der Waals surface area contributed by atoms with Crippen molar-refractivity contribution in [1.29, 1.82) is 0 Å². The molecule has 0 radical (unpaired) electrons. The molecule has 5 aromatic rings. The smallest absolute Gasteiger partial charge is 0.266 e. The van der Waals surface area contributed by atoms with Gasteiger partial charge in [-0.1, -0.05) is 24.3 Å². The number of rotatable bonds is 5. The highest BCUT2D eigenvalue weighted by Crippen LogP contribution is 2.43. The minimum atomic E-state index is -0.662. The van der Waals surface area contributed by atoms with Crippen molar-refractivity contribution in [3.8, 4) is 22.6 Å². The van der Waals surface area contributed by atoms with Crippen molar-refractivity contribution in [3.63, 3.8) is 0 Å². The summed E-state index contributed by atoms with van der Waals surface area (Å²) in [5.41, 5.74) is 7.71. The first-order chi connectivity index (χ1) is 17.5. The number of aromatic nitrogens is 4. The number of para-hydroxylation sites is 1. The molecule has 0 saturated heterocycles. The van der Waals surface area contributed by atoms with Gasteiger partial charge in [0.2, 0.25) is 0 Å². The lowest BCUT2D eigenvalue weighted by molar-refractivity contribution is 0.114. The van der Waals surface area contributed by atoms with E-state index >= 15 is 4.39 Å². The number of hydrogen-bond donors (Lipinski definition) is 2. The number of anilines is 1. The van der Waals surface area contributed by atoms with E-state index in [1.165, 1.54) is 18.0 Å². The summed E-state index contributed by atoms with van der Waals surface area (Å²) in [7, 11) is 1.49. The Kier molecular flexibility index (Phi) is 5.22. The van der Waals surface area contributed by atoms with Gasteiger partial charge in [0.25, 0.3) is 5.56 Å². The van der Waals surface area contributed by atoms with Gasteiger partial charge >= 0.3 is 0 Å². The van der Waals surface area contributed by atoms with Crippen LogP contribution in [0.15, 0.2) is 66.0 Å². The summed E-state index contributed by atoms with van der Waals surface area (Å²) in [6.45, 7) is 0.133. The summed E-state index contributed by atoms with van der Waals surface area (Å²) in [4.78, 5) is 22.1. The van der Waals surface area contributed by atoms with Crippen LogP contribution in [0, 0.1) is 11.7 Å². The van der Waals surface area contributed by atoms with Gasteiger partial charge in [0.1, 0.15) is 29.4 Å². The second kappa shape index (κ2) is 8.46. The molecular weight excluding hydrogens is 461 g/mol. The summed E-state index contributed by atoms with van der Waals surface area (Å²) in [6.07, 6.45) is 6.38. The lowest BCUT2D eigenvalue weighted by Crippen LogP contribution is -2.28. The van der Waals surface area contributed by atoms with Crippen molar-refractivity contribution in [3.05, 3.63) is 77.4 Å². The molecule has 0 bridgehead atoms. The molecule has 3 N–H and O–H groups in total. The van der Waals surface area contributed by atoms with Gasteiger partial charge in [-0.05, 0) is 37.0 Å². The van der Waals surface area contributed by atoms with Gasteiger partial charge in [0.15, 0.2) is 0 Å². The third kappa shape index (κ3) is 3.27. The summed E-state index contributed by atoms with van der Waals surface area (Å²) in [6, 6.07) is 12.5. The first-order valence-corrected chi connectivity index (χ1v) is 11.7. The van der Waals surface area contributed by atoms with E-state index in [0.29, 0.717) is 33.4 Å². The van der Waals surface area contributed by atoms with Crippen LogP contribution in [0.25, 0.3) is 38.6 Å². The molecule has 9 heteroatoms. The number of halogens is 1. The maximum absolute atomic E-state index is 16.3. The Morgan fingerprint density at radius 3 is 2.58 bits per heavy atom. The molecule has 1 fully saturated rings. The van der Waals surface area contributed by atoms with Gasteiger partial charge in [-0.2, -0.15) is 0 Å². The summed E-state index contributed by atoms with van der Waals surface area (Å²) < 4.78 is 25.2. The van der Waals surface area contributed by atoms with E-state index in [1.54, 1.807) is 30.5 Å². The van der Waals surface area contributed by atoms with Crippen LogP contribution in [0.5, 0.6) is 5.75 Å². The summed E-state index contributed by atoms with van der Waals surface area (Å²) in [5, 5.41) is 10.3. The minimum Gasteiger partial charge on any atom is -0.495 e. The van der Waals surface area contributed by atoms with Crippen LogP contribution in [0.3, 0.4) is 0 Å².